The van der Waals surface area contributed by atoms with Crippen molar-refractivity contribution in [1.82, 2.24) is 4.98 Å². The maximum absolute atomic E-state index is 10.3. The minimum atomic E-state index is -0.754. The standard InChI is InChI=1S/C14H15Br2NO3/c1-7-6-17-10(8(2)13(7)19-3)5-11(18)12-4-9(15)14(16)20-12/h4,6,11,18H,5H2,1-3H3. The van der Waals surface area contributed by atoms with Gasteiger partial charge in [-0.3, -0.25) is 4.98 Å². The topological polar surface area (TPSA) is 55.5 Å². The number of rotatable bonds is 4. The van der Waals surface area contributed by atoms with Gasteiger partial charge in [0.1, 0.15) is 17.6 Å². The summed E-state index contributed by atoms with van der Waals surface area (Å²) in [5, 5.41) is 10.3. The van der Waals surface area contributed by atoms with Crippen molar-refractivity contribution in [2.45, 2.75) is 26.4 Å². The summed E-state index contributed by atoms with van der Waals surface area (Å²) in [4.78, 5) is 4.38. The van der Waals surface area contributed by atoms with E-state index in [1.807, 2.05) is 13.8 Å². The van der Waals surface area contributed by atoms with Crippen LogP contribution in [-0.4, -0.2) is 17.2 Å². The van der Waals surface area contributed by atoms with Crippen LogP contribution in [-0.2, 0) is 6.42 Å². The van der Waals surface area contributed by atoms with Crippen LogP contribution < -0.4 is 4.74 Å². The van der Waals surface area contributed by atoms with Crippen molar-refractivity contribution in [2.75, 3.05) is 7.11 Å². The summed E-state index contributed by atoms with van der Waals surface area (Å²) in [7, 11) is 1.64. The van der Waals surface area contributed by atoms with Gasteiger partial charge < -0.3 is 14.3 Å². The van der Waals surface area contributed by atoms with Crippen molar-refractivity contribution in [3.63, 3.8) is 0 Å². The van der Waals surface area contributed by atoms with Gasteiger partial charge in [0, 0.05) is 29.4 Å². The molecule has 0 radical (unpaired) electrons. The maximum atomic E-state index is 10.3. The van der Waals surface area contributed by atoms with E-state index in [2.05, 4.69) is 36.8 Å². The summed E-state index contributed by atoms with van der Waals surface area (Å²) in [5.41, 5.74) is 2.71. The number of furan rings is 1. The minimum Gasteiger partial charge on any atom is -0.496 e. The number of halogens is 2. The van der Waals surface area contributed by atoms with Crippen molar-refractivity contribution in [3.8, 4) is 5.75 Å². The predicted octanol–water partition coefficient (Wildman–Crippen LogP) is 4.10. The Morgan fingerprint density at radius 3 is 2.65 bits per heavy atom. The van der Waals surface area contributed by atoms with E-state index in [4.69, 9.17) is 9.15 Å². The highest BCUT2D eigenvalue weighted by Crippen LogP contribution is 2.32. The Morgan fingerprint density at radius 1 is 1.40 bits per heavy atom. The second-order valence-electron chi connectivity index (χ2n) is 4.54. The first-order valence-electron chi connectivity index (χ1n) is 6.06. The number of aryl methyl sites for hydroxylation is 1. The molecule has 0 bridgehead atoms. The largest absolute Gasteiger partial charge is 0.496 e. The van der Waals surface area contributed by atoms with Gasteiger partial charge in [-0.05, 0) is 51.8 Å². The van der Waals surface area contributed by atoms with Crippen molar-refractivity contribution < 1.29 is 14.3 Å². The van der Waals surface area contributed by atoms with E-state index in [0.29, 0.717) is 16.9 Å². The van der Waals surface area contributed by atoms with Gasteiger partial charge in [0.15, 0.2) is 4.67 Å². The maximum Gasteiger partial charge on any atom is 0.183 e. The van der Waals surface area contributed by atoms with Crippen molar-refractivity contribution in [1.29, 1.82) is 0 Å². The fourth-order valence-corrected chi connectivity index (χ4v) is 2.70. The third-order valence-electron chi connectivity index (χ3n) is 3.13. The molecule has 1 atom stereocenters. The molecule has 0 fully saturated rings. The summed E-state index contributed by atoms with van der Waals surface area (Å²) in [6.45, 7) is 3.88. The van der Waals surface area contributed by atoms with Gasteiger partial charge in [-0.25, -0.2) is 0 Å². The number of methoxy groups -OCH3 is 1. The molecule has 1 unspecified atom stereocenters. The van der Waals surface area contributed by atoms with Crippen molar-refractivity contribution in [2.24, 2.45) is 0 Å². The van der Waals surface area contributed by atoms with E-state index >= 15 is 0 Å². The lowest BCUT2D eigenvalue weighted by molar-refractivity contribution is 0.147. The molecule has 1 N–H and O–H groups in total. The van der Waals surface area contributed by atoms with E-state index in [1.165, 1.54) is 0 Å². The highest BCUT2D eigenvalue weighted by molar-refractivity contribution is 9.13. The molecule has 0 aromatic carbocycles. The van der Waals surface area contributed by atoms with Gasteiger partial charge in [-0.15, -0.1) is 0 Å². The smallest absolute Gasteiger partial charge is 0.183 e. The molecule has 4 nitrogen and oxygen atoms in total. The zero-order chi connectivity index (χ0) is 14.9. The molecule has 0 aliphatic rings. The summed E-state index contributed by atoms with van der Waals surface area (Å²) >= 11 is 6.59. The molecule has 0 saturated carbocycles. The Balaban J connectivity index is 2.26. The second-order valence-corrected chi connectivity index (χ2v) is 6.11. The normalized spacial score (nSPS) is 12.5. The molecule has 6 heteroatoms. The SMILES string of the molecule is COc1c(C)cnc(CC(O)c2cc(Br)c(Br)o2)c1C. The Labute approximate surface area is 134 Å². The average molecular weight is 405 g/mol. The van der Waals surface area contributed by atoms with E-state index in [9.17, 15) is 5.11 Å². The summed E-state index contributed by atoms with van der Waals surface area (Å²) in [6, 6.07) is 1.75. The zero-order valence-electron chi connectivity index (χ0n) is 11.4. The van der Waals surface area contributed by atoms with Gasteiger partial charge in [0.05, 0.1) is 11.6 Å². The molecule has 0 amide bonds. The highest BCUT2D eigenvalue weighted by Gasteiger charge is 2.19. The molecular weight excluding hydrogens is 390 g/mol. The van der Waals surface area contributed by atoms with Crippen LogP contribution in [0, 0.1) is 13.8 Å². The molecule has 0 spiro atoms. The van der Waals surface area contributed by atoms with E-state index in [-0.39, 0.29) is 0 Å². The molecule has 2 heterocycles. The molecular formula is C14H15Br2NO3. The molecule has 0 saturated heterocycles. The number of aromatic nitrogens is 1. The summed E-state index contributed by atoms with van der Waals surface area (Å²) in [6.07, 6.45) is 1.37. The zero-order valence-corrected chi connectivity index (χ0v) is 14.6. The van der Waals surface area contributed by atoms with E-state index in [0.717, 1.165) is 27.0 Å². The molecule has 2 aromatic heterocycles. The second kappa shape index (κ2) is 6.28. The van der Waals surface area contributed by atoms with Crippen LogP contribution in [0.1, 0.15) is 28.7 Å². The Bertz CT molecular complexity index is 606. The lowest BCUT2D eigenvalue weighted by atomic mass is 10.0. The van der Waals surface area contributed by atoms with Gasteiger partial charge in [0.25, 0.3) is 0 Å². The first-order valence-corrected chi connectivity index (χ1v) is 7.64. The summed E-state index contributed by atoms with van der Waals surface area (Å²) < 4.78 is 12.1. The number of hydrogen-bond acceptors (Lipinski definition) is 4. The molecule has 2 rings (SSSR count). The number of aliphatic hydroxyl groups excluding tert-OH is 1. The van der Waals surface area contributed by atoms with Gasteiger partial charge >= 0.3 is 0 Å². The molecule has 0 aliphatic heterocycles. The Morgan fingerprint density at radius 2 is 2.10 bits per heavy atom. The van der Waals surface area contributed by atoms with Crippen LogP contribution in [0.2, 0.25) is 0 Å². The van der Waals surface area contributed by atoms with E-state index < -0.39 is 6.10 Å². The number of pyridine rings is 1. The van der Waals surface area contributed by atoms with Gasteiger partial charge in [-0.2, -0.15) is 0 Å². The highest BCUT2D eigenvalue weighted by atomic mass is 79.9. The number of hydrogen-bond donors (Lipinski definition) is 1. The number of nitrogens with zero attached hydrogens (tertiary/aromatic N) is 1. The minimum absolute atomic E-state index is 0.370. The molecule has 20 heavy (non-hydrogen) atoms. The lowest BCUT2D eigenvalue weighted by Gasteiger charge is -2.14. The molecule has 108 valence electrons. The first-order chi connectivity index (χ1) is 9.43. The van der Waals surface area contributed by atoms with Crippen LogP contribution in [0.5, 0.6) is 5.75 Å². The summed E-state index contributed by atoms with van der Waals surface area (Å²) in [5.74, 6) is 1.30. The third kappa shape index (κ3) is 3.07. The fraction of sp³-hybridized carbons (Fsp3) is 0.357. The number of aliphatic hydroxyl groups is 1. The Kier molecular flexibility index (Phi) is 4.88. The van der Waals surface area contributed by atoms with Crippen LogP contribution in [0.4, 0.5) is 0 Å². The van der Waals surface area contributed by atoms with Crippen LogP contribution >= 0.6 is 31.9 Å². The lowest BCUT2D eigenvalue weighted by Crippen LogP contribution is -2.06. The van der Waals surface area contributed by atoms with Crippen molar-refractivity contribution in [3.05, 3.63) is 44.0 Å². The van der Waals surface area contributed by atoms with Crippen LogP contribution in [0.3, 0.4) is 0 Å². The van der Waals surface area contributed by atoms with Crippen LogP contribution in [0.15, 0.2) is 25.8 Å². The van der Waals surface area contributed by atoms with E-state index in [1.54, 1.807) is 19.4 Å². The van der Waals surface area contributed by atoms with Crippen molar-refractivity contribution >= 4 is 31.9 Å². The average Bonchev–Trinajstić information content (AvgIpc) is 2.74. The first kappa shape index (κ1) is 15.5. The monoisotopic (exact) mass is 403 g/mol. The quantitative estimate of drug-likeness (QED) is 0.833. The van der Waals surface area contributed by atoms with Crippen LogP contribution in [0.25, 0.3) is 0 Å². The predicted molar refractivity (Wildman–Crippen MR) is 83.0 cm³/mol. The van der Waals surface area contributed by atoms with Gasteiger partial charge in [0.2, 0.25) is 0 Å². The molecule has 0 aliphatic carbocycles. The number of ether oxygens (including phenoxy) is 1. The molecule has 2 aromatic rings. The Hall–Kier alpha value is -0.850. The van der Waals surface area contributed by atoms with Gasteiger partial charge in [-0.1, -0.05) is 0 Å². The third-order valence-corrected chi connectivity index (χ3v) is 4.84. The fourth-order valence-electron chi connectivity index (χ4n) is 2.09.